The fraction of sp³-hybridized carbons (Fsp3) is 0.500. The highest BCUT2D eigenvalue weighted by Gasteiger charge is 2.26. The van der Waals surface area contributed by atoms with Crippen molar-refractivity contribution < 1.29 is 9.18 Å². The lowest BCUT2D eigenvalue weighted by Gasteiger charge is -2.27. The number of thiophene rings is 1. The van der Waals surface area contributed by atoms with Crippen molar-refractivity contribution >= 4 is 17.2 Å². The van der Waals surface area contributed by atoms with Gasteiger partial charge in [-0.25, -0.2) is 0 Å². The van der Waals surface area contributed by atoms with E-state index in [9.17, 15) is 9.18 Å². The van der Waals surface area contributed by atoms with Crippen molar-refractivity contribution in [3.8, 4) is 6.07 Å². The summed E-state index contributed by atoms with van der Waals surface area (Å²) in [6.07, 6.45) is 3.73. The van der Waals surface area contributed by atoms with Crippen molar-refractivity contribution in [3.05, 3.63) is 22.1 Å². The topological polar surface area (TPSA) is 52.9 Å². The number of rotatable bonds is 2. The van der Waals surface area contributed by atoms with Crippen molar-refractivity contribution in [2.45, 2.75) is 31.7 Å². The van der Waals surface area contributed by atoms with E-state index in [0.717, 1.165) is 37.0 Å². The third-order valence-corrected chi connectivity index (χ3v) is 3.92. The highest BCUT2D eigenvalue weighted by atomic mass is 32.1. The Kier molecular flexibility index (Phi) is 3.75. The van der Waals surface area contributed by atoms with Gasteiger partial charge in [0.2, 0.25) is 0 Å². The molecule has 0 aliphatic heterocycles. The minimum atomic E-state index is -0.365. The summed E-state index contributed by atoms with van der Waals surface area (Å²) in [5.41, 5.74) is 0. The number of hydrogen-bond donors (Lipinski definition) is 1. The second kappa shape index (κ2) is 5.28. The van der Waals surface area contributed by atoms with E-state index in [1.54, 1.807) is 0 Å². The molecule has 2 atom stereocenters. The first-order chi connectivity index (χ1) is 8.20. The lowest BCUT2D eigenvalue weighted by Crippen LogP contribution is -2.41. The molecule has 17 heavy (non-hydrogen) atoms. The van der Waals surface area contributed by atoms with E-state index < -0.39 is 0 Å². The van der Waals surface area contributed by atoms with E-state index in [1.165, 1.54) is 12.1 Å². The SMILES string of the molecule is N#CC1CCCCC1NC(=O)c1ccc(F)s1. The number of nitriles is 1. The Balaban J connectivity index is 2.00. The second-order valence-electron chi connectivity index (χ2n) is 4.20. The van der Waals surface area contributed by atoms with Crippen LogP contribution >= 0.6 is 11.3 Å². The molecule has 1 aliphatic rings. The normalized spacial score (nSPS) is 24.0. The summed E-state index contributed by atoms with van der Waals surface area (Å²) < 4.78 is 12.8. The van der Waals surface area contributed by atoms with Gasteiger partial charge in [0, 0.05) is 6.04 Å². The summed E-state index contributed by atoms with van der Waals surface area (Å²) in [7, 11) is 0. The van der Waals surface area contributed by atoms with Crippen LogP contribution in [-0.2, 0) is 0 Å². The Labute approximate surface area is 103 Å². The van der Waals surface area contributed by atoms with E-state index in [0.29, 0.717) is 4.88 Å². The Morgan fingerprint density at radius 3 is 2.88 bits per heavy atom. The van der Waals surface area contributed by atoms with Crippen LogP contribution in [0.3, 0.4) is 0 Å². The van der Waals surface area contributed by atoms with Gasteiger partial charge in [-0.05, 0) is 25.0 Å². The first kappa shape index (κ1) is 12.1. The molecular formula is C12H13FN2OS. The van der Waals surface area contributed by atoms with E-state index in [2.05, 4.69) is 11.4 Å². The number of nitrogens with zero attached hydrogens (tertiary/aromatic N) is 1. The molecule has 90 valence electrons. The highest BCUT2D eigenvalue weighted by Crippen LogP contribution is 2.24. The number of amides is 1. The minimum absolute atomic E-state index is 0.0913. The molecule has 1 saturated carbocycles. The maximum atomic E-state index is 12.8. The van der Waals surface area contributed by atoms with Crippen LogP contribution in [-0.4, -0.2) is 11.9 Å². The minimum Gasteiger partial charge on any atom is -0.347 e. The van der Waals surface area contributed by atoms with Gasteiger partial charge < -0.3 is 5.32 Å². The average Bonchev–Trinajstić information content (AvgIpc) is 2.77. The second-order valence-corrected chi connectivity index (χ2v) is 5.24. The van der Waals surface area contributed by atoms with Gasteiger partial charge in [-0.3, -0.25) is 4.79 Å². The fourth-order valence-electron chi connectivity index (χ4n) is 2.13. The van der Waals surface area contributed by atoms with E-state index in [4.69, 9.17) is 5.26 Å². The lowest BCUT2D eigenvalue weighted by atomic mass is 9.85. The lowest BCUT2D eigenvalue weighted by molar-refractivity contribution is 0.0921. The van der Waals surface area contributed by atoms with Crippen LogP contribution in [0.4, 0.5) is 4.39 Å². The molecule has 1 fully saturated rings. The third kappa shape index (κ3) is 2.83. The standard InChI is InChI=1S/C12H13FN2OS/c13-11-6-5-10(17-11)12(16)15-9-4-2-1-3-8(9)7-14/h5-6,8-9H,1-4H2,(H,15,16). The van der Waals surface area contributed by atoms with Crippen LogP contribution in [0.15, 0.2) is 12.1 Å². The third-order valence-electron chi connectivity index (χ3n) is 3.05. The molecule has 0 radical (unpaired) electrons. The zero-order chi connectivity index (χ0) is 12.3. The molecule has 1 heterocycles. The Morgan fingerprint density at radius 2 is 2.24 bits per heavy atom. The fourth-order valence-corrected chi connectivity index (χ4v) is 2.77. The van der Waals surface area contributed by atoms with Gasteiger partial charge in [0.1, 0.15) is 0 Å². The number of carbonyl (C=O) groups is 1. The van der Waals surface area contributed by atoms with E-state index >= 15 is 0 Å². The predicted octanol–water partition coefficient (Wildman–Crippen LogP) is 2.70. The van der Waals surface area contributed by atoms with Gasteiger partial charge in [0.05, 0.1) is 16.9 Å². The van der Waals surface area contributed by atoms with Gasteiger partial charge in [-0.2, -0.15) is 9.65 Å². The van der Waals surface area contributed by atoms with Crippen LogP contribution in [0, 0.1) is 22.4 Å². The summed E-state index contributed by atoms with van der Waals surface area (Å²) in [6.45, 7) is 0. The molecule has 2 unspecified atom stereocenters. The molecule has 0 spiro atoms. The first-order valence-electron chi connectivity index (χ1n) is 5.66. The molecule has 0 bridgehead atoms. The van der Waals surface area contributed by atoms with Crippen LogP contribution in [0.2, 0.25) is 0 Å². The van der Waals surface area contributed by atoms with Crippen LogP contribution < -0.4 is 5.32 Å². The maximum absolute atomic E-state index is 12.8. The van der Waals surface area contributed by atoms with Crippen LogP contribution in [0.1, 0.15) is 35.4 Å². The van der Waals surface area contributed by atoms with Crippen molar-refractivity contribution in [2.24, 2.45) is 5.92 Å². The molecule has 1 N–H and O–H groups in total. The molecular weight excluding hydrogens is 239 g/mol. The molecule has 1 amide bonds. The van der Waals surface area contributed by atoms with Crippen molar-refractivity contribution in [1.82, 2.24) is 5.32 Å². The van der Waals surface area contributed by atoms with Crippen LogP contribution in [0.5, 0.6) is 0 Å². The molecule has 0 saturated heterocycles. The Morgan fingerprint density at radius 1 is 1.47 bits per heavy atom. The van der Waals surface area contributed by atoms with Crippen LogP contribution in [0.25, 0.3) is 0 Å². The maximum Gasteiger partial charge on any atom is 0.261 e. The zero-order valence-electron chi connectivity index (χ0n) is 9.28. The summed E-state index contributed by atoms with van der Waals surface area (Å²) in [6, 6.07) is 4.89. The van der Waals surface area contributed by atoms with E-state index in [-0.39, 0.29) is 23.0 Å². The van der Waals surface area contributed by atoms with Crippen molar-refractivity contribution in [2.75, 3.05) is 0 Å². The number of hydrogen-bond acceptors (Lipinski definition) is 3. The number of halogens is 1. The molecule has 0 aromatic carbocycles. The molecule has 5 heteroatoms. The largest absolute Gasteiger partial charge is 0.347 e. The zero-order valence-corrected chi connectivity index (χ0v) is 10.1. The molecule has 1 aromatic heterocycles. The number of carbonyl (C=O) groups excluding carboxylic acids is 1. The summed E-state index contributed by atoms with van der Waals surface area (Å²) >= 11 is 0.832. The van der Waals surface area contributed by atoms with Crippen molar-refractivity contribution in [3.63, 3.8) is 0 Å². The first-order valence-corrected chi connectivity index (χ1v) is 6.48. The highest BCUT2D eigenvalue weighted by molar-refractivity contribution is 7.12. The molecule has 1 aromatic rings. The van der Waals surface area contributed by atoms with Crippen molar-refractivity contribution in [1.29, 1.82) is 5.26 Å². The van der Waals surface area contributed by atoms with Gasteiger partial charge in [0.15, 0.2) is 5.13 Å². The quantitative estimate of drug-likeness (QED) is 0.879. The van der Waals surface area contributed by atoms with Gasteiger partial charge in [-0.15, -0.1) is 11.3 Å². The Bertz CT molecular complexity index is 452. The monoisotopic (exact) mass is 252 g/mol. The molecule has 2 rings (SSSR count). The summed E-state index contributed by atoms with van der Waals surface area (Å²) in [5, 5.41) is 11.5. The smallest absolute Gasteiger partial charge is 0.261 e. The predicted molar refractivity (Wildman–Crippen MR) is 63.1 cm³/mol. The van der Waals surface area contributed by atoms with E-state index in [1.807, 2.05) is 0 Å². The van der Waals surface area contributed by atoms with Gasteiger partial charge >= 0.3 is 0 Å². The van der Waals surface area contributed by atoms with Gasteiger partial charge in [0.25, 0.3) is 5.91 Å². The van der Waals surface area contributed by atoms with Gasteiger partial charge in [-0.1, -0.05) is 12.8 Å². The summed E-state index contributed by atoms with van der Waals surface area (Å²) in [5.74, 6) is -0.386. The molecule has 3 nitrogen and oxygen atoms in total. The molecule has 1 aliphatic carbocycles. The summed E-state index contributed by atoms with van der Waals surface area (Å²) in [4.78, 5) is 12.2. The average molecular weight is 252 g/mol. The number of nitrogens with one attached hydrogen (secondary N) is 1. The Hall–Kier alpha value is -1.41.